The van der Waals surface area contributed by atoms with E-state index in [0.29, 0.717) is 19.5 Å². The van der Waals surface area contributed by atoms with Crippen LogP contribution >= 0.6 is 0 Å². The average Bonchev–Trinajstić information content (AvgIpc) is 1.81. The number of sulfone groups is 1. The molecule has 0 aromatic heterocycles. The summed E-state index contributed by atoms with van der Waals surface area (Å²) in [6.45, 7) is 2.18. The van der Waals surface area contributed by atoms with Gasteiger partial charge in [0.2, 0.25) is 0 Å². The molecule has 1 aliphatic rings. The number of likely N-dealkylation sites (tertiary alicyclic amines) is 1. The van der Waals surface area contributed by atoms with Crippen LogP contribution in [-0.4, -0.2) is 56.2 Å². The lowest BCUT2D eigenvalue weighted by Gasteiger charge is -2.35. The first-order valence-electron chi connectivity index (χ1n) is 4.05. The van der Waals surface area contributed by atoms with Crippen LogP contribution in [0.25, 0.3) is 0 Å². The molecule has 4 nitrogen and oxygen atoms in total. The fourth-order valence-electron chi connectivity index (χ4n) is 1.28. The van der Waals surface area contributed by atoms with Gasteiger partial charge in [-0.05, 0) is 13.0 Å². The van der Waals surface area contributed by atoms with Gasteiger partial charge < -0.3 is 5.11 Å². The van der Waals surface area contributed by atoms with Crippen molar-refractivity contribution in [3.05, 3.63) is 0 Å². The van der Waals surface area contributed by atoms with Gasteiger partial charge in [0.05, 0.1) is 11.9 Å². The maximum Gasteiger partial charge on any atom is 0.147 e. The molecule has 1 saturated heterocycles. The second-order valence-corrected chi connectivity index (χ2v) is 5.66. The summed E-state index contributed by atoms with van der Waals surface area (Å²) in [5.74, 6) is 0.250. The van der Waals surface area contributed by atoms with Gasteiger partial charge in [0.15, 0.2) is 0 Å². The van der Waals surface area contributed by atoms with Crippen molar-refractivity contribution in [2.45, 2.75) is 12.5 Å². The lowest BCUT2D eigenvalue weighted by Crippen LogP contribution is -2.50. The standard InChI is InChI=1S/C7H15NO3S/c1-12(10,11)4-2-3-8-5-7(9)6-8/h7,9H,2-6H2,1H3. The van der Waals surface area contributed by atoms with E-state index in [1.165, 1.54) is 6.26 Å². The first-order chi connectivity index (χ1) is 5.47. The summed E-state index contributed by atoms with van der Waals surface area (Å²) in [6, 6.07) is 0. The molecule has 0 aliphatic carbocycles. The van der Waals surface area contributed by atoms with E-state index in [1.807, 2.05) is 0 Å². The Labute approximate surface area is 73.1 Å². The Hall–Kier alpha value is -0.130. The molecule has 0 saturated carbocycles. The largest absolute Gasteiger partial charge is 0.390 e. The van der Waals surface area contributed by atoms with Gasteiger partial charge in [0.1, 0.15) is 9.84 Å². The third-order valence-electron chi connectivity index (χ3n) is 1.93. The van der Waals surface area contributed by atoms with E-state index in [1.54, 1.807) is 0 Å². The van der Waals surface area contributed by atoms with Crippen LogP contribution in [0.1, 0.15) is 6.42 Å². The monoisotopic (exact) mass is 193 g/mol. The third kappa shape index (κ3) is 3.51. The normalized spacial score (nSPS) is 20.8. The molecular formula is C7H15NO3S. The smallest absolute Gasteiger partial charge is 0.147 e. The molecule has 5 heteroatoms. The van der Waals surface area contributed by atoms with Crippen LogP contribution in [0.15, 0.2) is 0 Å². The molecule has 1 rings (SSSR count). The molecule has 0 bridgehead atoms. The zero-order valence-electron chi connectivity index (χ0n) is 7.23. The molecule has 1 heterocycles. The van der Waals surface area contributed by atoms with Crippen LogP contribution in [-0.2, 0) is 9.84 Å². The molecule has 1 aliphatic heterocycles. The van der Waals surface area contributed by atoms with Crippen molar-refractivity contribution >= 4 is 9.84 Å². The van der Waals surface area contributed by atoms with Crippen molar-refractivity contribution in [2.24, 2.45) is 0 Å². The van der Waals surface area contributed by atoms with E-state index in [9.17, 15) is 8.42 Å². The highest BCUT2D eigenvalue weighted by Gasteiger charge is 2.23. The summed E-state index contributed by atoms with van der Waals surface area (Å²) < 4.78 is 21.4. The minimum absolute atomic E-state index is 0.191. The van der Waals surface area contributed by atoms with Crippen molar-refractivity contribution in [3.63, 3.8) is 0 Å². The van der Waals surface area contributed by atoms with E-state index in [4.69, 9.17) is 5.11 Å². The number of hydrogen-bond acceptors (Lipinski definition) is 4. The van der Waals surface area contributed by atoms with Crippen LogP contribution in [0.5, 0.6) is 0 Å². The fourth-order valence-corrected chi connectivity index (χ4v) is 1.93. The number of aliphatic hydroxyl groups is 1. The van der Waals surface area contributed by atoms with E-state index in [-0.39, 0.29) is 11.9 Å². The highest BCUT2D eigenvalue weighted by Crippen LogP contribution is 2.07. The van der Waals surface area contributed by atoms with Gasteiger partial charge in [-0.3, -0.25) is 4.90 Å². The lowest BCUT2D eigenvalue weighted by molar-refractivity contribution is 0.00266. The summed E-state index contributed by atoms with van der Waals surface area (Å²) in [4.78, 5) is 2.05. The lowest BCUT2D eigenvalue weighted by atomic mass is 10.2. The number of aliphatic hydroxyl groups excluding tert-OH is 1. The van der Waals surface area contributed by atoms with Crippen molar-refractivity contribution < 1.29 is 13.5 Å². The van der Waals surface area contributed by atoms with Crippen molar-refractivity contribution in [2.75, 3.05) is 31.6 Å². The van der Waals surface area contributed by atoms with Crippen molar-refractivity contribution in [3.8, 4) is 0 Å². The molecule has 1 fully saturated rings. The molecule has 0 spiro atoms. The van der Waals surface area contributed by atoms with Gasteiger partial charge in [0.25, 0.3) is 0 Å². The maximum atomic E-state index is 10.7. The Morgan fingerprint density at radius 1 is 1.50 bits per heavy atom. The molecule has 0 radical (unpaired) electrons. The van der Waals surface area contributed by atoms with Gasteiger partial charge >= 0.3 is 0 Å². The van der Waals surface area contributed by atoms with Crippen molar-refractivity contribution in [1.29, 1.82) is 0 Å². The van der Waals surface area contributed by atoms with Crippen molar-refractivity contribution in [1.82, 2.24) is 4.90 Å². The average molecular weight is 193 g/mol. The van der Waals surface area contributed by atoms with E-state index >= 15 is 0 Å². The zero-order chi connectivity index (χ0) is 9.19. The van der Waals surface area contributed by atoms with Gasteiger partial charge in [-0.25, -0.2) is 8.42 Å². The Morgan fingerprint density at radius 2 is 2.08 bits per heavy atom. The minimum atomic E-state index is -2.81. The molecule has 0 amide bonds. The molecule has 12 heavy (non-hydrogen) atoms. The first-order valence-corrected chi connectivity index (χ1v) is 6.11. The minimum Gasteiger partial charge on any atom is -0.390 e. The summed E-state index contributed by atoms with van der Waals surface area (Å²) in [5, 5.41) is 8.92. The number of hydrogen-bond donors (Lipinski definition) is 1. The Bertz CT molecular complexity index is 231. The van der Waals surface area contributed by atoms with E-state index in [2.05, 4.69) is 4.90 Å². The Kier molecular flexibility index (Phi) is 3.09. The summed E-state index contributed by atoms with van der Waals surface area (Å²) >= 11 is 0. The van der Waals surface area contributed by atoms with Crippen LogP contribution in [0.3, 0.4) is 0 Å². The number of β-amino-alcohol motifs (C(OH)–C–C–N with tert-alkyl or cyclic N) is 1. The number of rotatable bonds is 4. The van der Waals surface area contributed by atoms with Crippen LogP contribution < -0.4 is 0 Å². The molecule has 1 N–H and O–H groups in total. The highest BCUT2D eigenvalue weighted by atomic mass is 32.2. The Morgan fingerprint density at radius 3 is 2.50 bits per heavy atom. The molecule has 72 valence electrons. The van der Waals surface area contributed by atoms with Gasteiger partial charge in [0, 0.05) is 19.3 Å². The fraction of sp³-hybridized carbons (Fsp3) is 1.00. The van der Waals surface area contributed by atoms with Gasteiger partial charge in [-0.2, -0.15) is 0 Å². The first kappa shape index (κ1) is 9.95. The topological polar surface area (TPSA) is 57.6 Å². The summed E-state index contributed by atoms with van der Waals surface area (Å²) in [7, 11) is -2.81. The van der Waals surface area contributed by atoms with Crippen LogP contribution in [0.4, 0.5) is 0 Å². The zero-order valence-corrected chi connectivity index (χ0v) is 8.05. The van der Waals surface area contributed by atoms with Gasteiger partial charge in [-0.1, -0.05) is 0 Å². The molecule has 0 aromatic rings. The second-order valence-electron chi connectivity index (χ2n) is 3.40. The highest BCUT2D eigenvalue weighted by molar-refractivity contribution is 7.90. The van der Waals surface area contributed by atoms with Crippen LogP contribution in [0, 0.1) is 0 Å². The summed E-state index contributed by atoms with van der Waals surface area (Å²) in [5.41, 5.74) is 0. The van der Waals surface area contributed by atoms with E-state index in [0.717, 1.165) is 6.54 Å². The predicted molar refractivity (Wildman–Crippen MR) is 46.8 cm³/mol. The summed E-state index contributed by atoms with van der Waals surface area (Å²) in [6.07, 6.45) is 1.73. The SMILES string of the molecule is CS(=O)(=O)CCCN1CC(O)C1. The molecule has 0 atom stereocenters. The molecule has 0 aromatic carbocycles. The van der Waals surface area contributed by atoms with Gasteiger partial charge in [-0.15, -0.1) is 0 Å². The van der Waals surface area contributed by atoms with Crippen LogP contribution in [0.2, 0.25) is 0 Å². The molecular weight excluding hydrogens is 178 g/mol. The molecule has 0 unspecified atom stereocenters. The number of nitrogens with zero attached hydrogens (tertiary/aromatic N) is 1. The maximum absolute atomic E-state index is 10.7. The predicted octanol–water partition coefficient (Wildman–Crippen LogP) is -0.902. The Balaban J connectivity index is 2.04. The third-order valence-corrected chi connectivity index (χ3v) is 2.96. The van der Waals surface area contributed by atoms with E-state index < -0.39 is 9.84 Å². The second kappa shape index (κ2) is 3.72. The quantitative estimate of drug-likeness (QED) is 0.628.